The Morgan fingerprint density at radius 3 is 2.71 bits per heavy atom. The molecule has 1 aliphatic heterocycles. The van der Waals surface area contributed by atoms with Crippen molar-refractivity contribution >= 4 is 15.9 Å². The van der Waals surface area contributed by atoms with E-state index >= 15 is 0 Å². The second-order valence-corrected chi connectivity index (χ2v) is 5.51. The first-order chi connectivity index (χ1) is 8.11. The number of benzene rings is 1. The summed E-state index contributed by atoms with van der Waals surface area (Å²) >= 11 is 3.55. The molecule has 1 aromatic carbocycles. The molecule has 1 unspecified atom stereocenters. The Labute approximate surface area is 111 Å². The fourth-order valence-electron chi connectivity index (χ4n) is 2.26. The van der Waals surface area contributed by atoms with E-state index in [1.165, 1.54) is 5.56 Å². The maximum absolute atomic E-state index is 5.26. The number of ether oxygens (including phenoxy) is 1. The van der Waals surface area contributed by atoms with Crippen LogP contribution in [0.25, 0.3) is 0 Å². The number of piperazine rings is 1. The summed E-state index contributed by atoms with van der Waals surface area (Å²) in [6.07, 6.45) is 0. The van der Waals surface area contributed by atoms with Crippen molar-refractivity contribution in [3.05, 3.63) is 28.2 Å². The van der Waals surface area contributed by atoms with Crippen molar-refractivity contribution in [2.75, 3.05) is 40.8 Å². The molecule has 1 atom stereocenters. The summed E-state index contributed by atoms with van der Waals surface area (Å²) in [4.78, 5) is 4.79. The average Bonchev–Trinajstić information content (AvgIpc) is 2.32. The SMILES string of the molecule is COc1ccc(C2CN(C)CCN2C)cc1Br. The molecule has 0 aromatic heterocycles. The van der Waals surface area contributed by atoms with Gasteiger partial charge in [-0.2, -0.15) is 0 Å². The van der Waals surface area contributed by atoms with Gasteiger partial charge in [0.15, 0.2) is 0 Å². The Hall–Kier alpha value is -0.580. The second-order valence-electron chi connectivity index (χ2n) is 4.65. The lowest BCUT2D eigenvalue weighted by atomic mass is 10.0. The van der Waals surface area contributed by atoms with Gasteiger partial charge >= 0.3 is 0 Å². The number of halogens is 1. The molecule has 1 saturated heterocycles. The molecule has 1 aromatic rings. The molecule has 4 heteroatoms. The molecular weight excluding hydrogens is 280 g/mol. The van der Waals surface area contributed by atoms with Crippen molar-refractivity contribution < 1.29 is 4.74 Å². The molecule has 94 valence electrons. The molecule has 0 spiro atoms. The Morgan fingerprint density at radius 2 is 2.06 bits per heavy atom. The third kappa shape index (κ3) is 2.81. The van der Waals surface area contributed by atoms with Gasteiger partial charge in [-0.3, -0.25) is 4.90 Å². The van der Waals surface area contributed by atoms with E-state index in [0.717, 1.165) is 29.9 Å². The zero-order valence-corrected chi connectivity index (χ0v) is 12.2. The summed E-state index contributed by atoms with van der Waals surface area (Å²) in [5.41, 5.74) is 1.34. The number of methoxy groups -OCH3 is 1. The predicted octanol–water partition coefficient (Wildman–Crippen LogP) is 2.38. The third-order valence-electron chi connectivity index (χ3n) is 3.41. The topological polar surface area (TPSA) is 15.7 Å². The standard InChI is InChI=1S/C13H19BrN2O/c1-15-6-7-16(2)12(9-15)10-4-5-13(17-3)11(14)8-10/h4-5,8,12H,6-7,9H2,1-3H3. The highest BCUT2D eigenvalue weighted by Crippen LogP contribution is 2.31. The van der Waals surface area contributed by atoms with Gasteiger partial charge < -0.3 is 9.64 Å². The van der Waals surface area contributed by atoms with E-state index in [-0.39, 0.29) is 0 Å². The van der Waals surface area contributed by atoms with Gasteiger partial charge in [0.05, 0.1) is 11.6 Å². The third-order valence-corrected chi connectivity index (χ3v) is 4.03. The maximum Gasteiger partial charge on any atom is 0.133 e. The summed E-state index contributed by atoms with van der Waals surface area (Å²) in [5, 5.41) is 0. The molecule has 1 aliphatic rings. The molecule has 0 radical (unpaired) electrons. The van der Waals surface area contributed by atoms with Gasteiger partial charge in [0.2, 0.25) is 0 Å². The summed E-state index contributed by atoms with van der Waals surface area (Å²) in [6, 6.07) is 6.82. The van der Waals surface area contributed by atoms with Crippen LogP contribution in [0.2, 0.25) is 0 Å². The van der Waals surface area contributed by atoms with Crippen LogP contribution in [0.4, 0.5) is 0 Å². The summed E-state index contributed by atoms with van der Waals surface area (Å²) in [7, 11) is 6.06. The maximum atomic E-state index is 5.26. The van der Waals surface area contributed by atoms with Gasteiger partial charge in [-0.15, -0.1) is 0 Å². The highest BCUT2D eigenvalue weighted by molar-refractivity contribution is 9.10. The zero-order chi connectivity index (χ0) is 12.4. The minimum absolute atomic E-state index is 0.468. The normalized spacial score (nSPS) is 22.7. The van der Waals surface area contributed by atoms with Gasteiger partial charge in [-0.05, 0) is 47.7 Å². The van der Waals surface area contributed by atoms with Crippen LogP contribution in [0, 0.1) is 0 Å². The van der Waals surface area contributed by atoms with Crippen LogP contribution in [0.1, 0.15) is 11.6 Å². The Morgan fingerprint density at radius 1 is 1.29 bits per heavy atom. The van der Waals surface area contributed by atoms with Crippen molar-refractivity contribution in [2.24, 2.45) is 0 Å². The summed E-state index contributed by atoms with van der Waals surface area (Å²) < 4.78 is 6.29. The van der Waals surface area contributed by atoms with Gasteiger partial charge in [0.25, 0.3) is 0 Å². The van der Waals surface area contributed by atoms with Gasteiger partial charge in [0, 0.05) is 25.7 Å². The van der Waals surface area contributed by atoms with Gasteiger partial charge in [-0.1, -0.05) is 6.07 Å². The molecule has 1 heterocycles. The number of hydrogen-bond acceptors (Lipinski definition) is 3. The van der Waals surface area contributed by atoms with Crippen LogP contribution < -0.4 is 4.74 Å². The minimum atomic E-state index is 0.468. The number of likely N-dealkylation sites (N-methyl/N-ethyl adjacent to an activating group) is 2. The van der Waals surface area contributed by atoms with Crippen LogP contribution >= 0.6 is 15.9 Å². The number of rotatable bonds is 2. The van der Waals surface area contributed by atoms with Crippen LogP contribution in [-0.4, -0.2) is 50.6 Å². The van der Waals surface area contributed by atoms with E-state index < -0.39 is 0 Å². The molecule has 0 saturated carbocycles. The first-order valence-electron chi connectivity index (χ1n) is 5.84. The molecule has 2 rings (SSSR count). The lowest BCUT2D eigenvalue weighted by molar-refractivity contribution is 0.115. The highest BCUT2D eigenvalue weighted by Gasteiger charge is 2.24. The molecular formula is C13H19BrN2O. The van der Waals surface area contributed by atoms with E-state index in [0.29, 0.717) is 6.04 Å². The van der Waals surface area contributed by atoms with E-state index in [2.05, 4.69) is 52.0 Å². The van der Waals surface area contributed by atoms with Crippen molar-refractivity contribution in [1.82, 2.24) is 9.80 Å². The summed E-state index contributed by atoms with van der Waals surface area (Å²) in [6.45, 7) is 3.34. The highest BCUT2D eigenvalue weighted by atomic mass is 79.9. The van der Waals surface area contributed by atoms with Crippen LogP contribution in [-0.2, 0) is 0 Å². The number of hydrogen-bond donors (Lipinski definition) is 0. The molecule has 1 fully saturated rings. The van der Waals surface area contributed by atoms with Crippen molar-refractivity contribution in [2.45, 2.75) is 6.04 Å². The quantitative estimate of drug-likeness (QED) is 0.834. The van der Waals surface area contributed by atoms with Crippen molar-refractivity contribution in [1.29, 1.82) is 0 Å². The van der Waals surface area contributed by atoms with Gasteiger partial charge in [-0.25, -0.2) is 0 Å². The molecule has 0 amide bonds. The largest absolute Gasteiger partial charge is 0.496 e. The minimum Gasteiger partial charge on any atom is -0.496 e. The fourth-order valence-corrected chi connectivity index (χ4v) is 2.82. The monoisotopic (exact) mass is 298 g/mol. The smallest absolute Gasteiger partial charge is 0.133 e. The van der Waals surface area contributed by atoms with E-state index in [9.17, 15) is 0 Å². The van der Waals surface area contributed by atoms with Gasteiger partial charge in [0.1, 0.15) is 5.75 Å². The van der Waals surface area contributed by atoms with Crippen LogP contribution in [0.3, 0.4) is 0 Å². The number of nitrogens with zero attached hydrogens (tertiary/aromatic N) is 2. The molecule has 0 N–H and O–H groups in total. The molecule has 0 aliphatic carbocycles. The fraction of sp³-hybridized carbons (Fsp3) is 0.538. The van der Waals surface area contributed by atoms with Crippen LogP contribution in [0.15, 0.2) is 22.7 Å². The summed E-state index contributed by atoms with van der Waals surface area (Å²) in [5.74, 6) is 0.889. The van der Waals surface area contributed by atoms with E-state index in [1.807, 2.05) is 6.07 Å². The van der Waals surface area contributed by atoms with E-state index in [4.69, 9.17) is 4.74 Å². The molecule has 17 heavy (non-hydrogen) atoms. The van der Waals surface area contributed by atoms with Crippen molar-refractivity contribution in [3.8, 4) is 5.75 Å². The first kappa shape index (κ1) is 12.9. The Bertz CT molecular complexity index is 397. The molecule has 3 nitrogen and oxygen atoms in total. The molecule has 0 bridgehead atoms. The average molecular weight is 299 g/mol. The Balaban J connectivity index is 2.23. The van der Waals surface area contributed by atoms with E-state index in [1.54, 1.807) is 7.11 Å². The lowest BCUT2D eigenvalue weighted by Gasteiger charge is -2.38. The Kier molecular flexibility index (Phi) is 4.07. The van der Waals surface area contributed by atoms with Crippen molar-refractivity contribution in [3.63, 3.8) is 0 Å². The zero-order valence-electron chi connectivity index (χ0n) is 10.6. The first-order valence-corrected chi connectivity index (χ1v) is 6.63. The predicted molar refractivity (Wildman–Crippen MR) is 73.6 cm³/mol. The van der Waals surface area contributed by atoms with Crippen LogP contribution in [0.5, 0.6) is 5.75 Å². The second kappa shape index (κ2) is 5.38. The lowest BCUT2D eigenvalue weighted by Crippen LogP contribution is -2.44.